The molecule has 11 heteroatoms. The second kappa shape index (κ2) is 13.7. The van der Waals surface area contributed by atoms with Gasteiger partial charge in [0.05, 0.1) is 12.3 Å². The van der Waals surface area contributed by atoms with E-state index in [0.717, 1.165) is 5.69 Å². The number of benzene rings is 1. The summed E-state index contributed by atoms with van der Waals surface area (Å²) in [6.45, 7) is 3.71. The van der Waals surface area contributed by atoms with Crippen LogP contribution in [0.1, 0.15) is 13.8 Å². The molecule has 0 aliphatic heterocycles. The Hall–Kier alpha value is -3.43. The van der Waals surface area contributed by atoms with Crippen molar-refractivity contribution in [3.63, 3.8) is 0 Å². The van der Waals surface area contributed by atoms with Gasteiger partial charge in [0.2, 0.25) is 0 Å². The number of amides is 1. The average molecular weight is 422 g/mol. The number of ether oxygens (including phenoxy) is 1. The number of nitrogens with zero attached hydrogens (tertiary/aromatic N) is 2. The van der Waals surface area contributed by atoms with Gasteiger partial charge in [-0.05, 0) is 60.3 Å². The van der Waals surface area contributed by atoms with Crippen molar-refractivity contribution in [2.75, 3.05) is 36.2 Å². The standard InChI is InChI=1S/C15H17FN4O2.C4H6O4/c1-3-22-15(21)18-12-8-9-13(19-14(12)17)20(2)11-6-4-10(16)5-7-11;1-2-3-4-6-8-7-5/h4-9H,3H2,1-2H3,(H2,17,19)(H,18,21);5H,4H2,1H3. The van der Waals surface area contributed by atoms with Crippen molar-refractivity contribution in [1.82, 2.24) is 4.98 Å². The van der Waals surface area contributed by atoms with E-state index in [1.807, 2.05) is 0 Å². The minimum atomic E-state index is -0.587. The van der Waals surface area contributed by atoms with Crippen molar-refractivity contribution in [2.45, 2.75) is 13.8 Å². The third-order valence-corrected chi connectivity index (χ3v) is 3.37. The Labute approximate surface area is 173 Å². The summed E-state index contributed by atoms with van der Waals surface area (Å²) in [6.07, 6.45) is -0.587. The lowest BCUT2D eigenvalue weighted by Gasteiger charge is -2.19. The summed E-state index contributed by atoms with van der Waals surface area (Å²) in [4.78, 5) is 21.4. The van der Waals surface area contributed by atoms with Gasteiger partial charge in [-0.15, -0.1) is 5.92 Å². The van der Waals surface area contributed by atoms with Gasteiger partial charge in [-0.25, -0.2) is 19.4 Å². The monoisotopic (exact) mass is 422 g/mol. The molecule has 1 heterocycles. The number of nitrogens with two attached hydrogens (primary N) is 1. The van der Waals surface area contributed by atoms with Crippen LogP contribution in [0.2, 0.25) is 0 Å². The molecule has 2 rings (SSSR count). The van der Waals surface area contributed by atoms with Crippen LogP contribution >= 0.6 is 0 Å². The third kappa shape index (κ3) is 8.72. The number of aromatic nitrogens is 1. The summed E-state index contributed by atoms with van der Waals surface area (Å²) in [5, 5.41) is 16.7. The minimum Gasteiger partial charge on any atom is -0.450 e. The van der Waals surface area contributed by atoms with E-state index in [2.05, 4.69) is 37.1 Å². The maximum absolute atomic E-state index is 12.9. The van der Waals surface area contributed by atoms with Crippen LogP contribution in [0.15, 0.2) is 36.4 Å². The van der Waals surface area contributed by atoms with Crippen molar-refractivity contribution in [2.24, 2.45) is 0 Å². The number of halogens is 1. The van der Waals surface area contributed by atoms with E-state index in [-0.39, 0.29) is 24.8 Å². The molecule has 0 aliphatic carbocycles. The maximum atomic E-state index is 12.9. The predicted molar refractivity (Wildman–Crippen MR) is 108 cm³/mol. The van der Waals surface area contributed by atoms with E-state index >= 15 is 0 Å². The molecule has 30 heavy (non-hydrogen) atoms. The number of pyridine rings is 1. The lowest BCUT2D eigenvalue weighted by atomic mass is 10.3. The summed E-state index contributed by atoms with van der Waals surface area (Å²) >= 11 is 0. The highest BCUT2D eigenvalue weighted by molar-refractivity contribution is 5.88. The molecule has 0 fully saturated rings. The molecular formula is C19H23FN4O6. The SMILES string of the molecule is CC#CCOOOO.CCOC(=O)Nc1ccc(N(C)c2ccc(F)cc2)nc1N. The van der Waals surface area contributed by atoms with Crippen LogP contribution in [-0.4, -0.2) is 36.6 Å². The van der Waals surface area contributed by atoms with Crippen LogP contribution in [0.5, 0.6) is 0 Å². The summed E-state index contributed by atoms with van der Waals surface area (Å²) in [5.74, 6) is 5.46. The van der Waals surface area contributed by atoms with Crippen molar-refractivity contribution >= 4 is 29.1 Å². The number of carbonyl (C=O) groups excluding carboxylic acids is 1. The highest BCUT2D eigenvalue weighted by Gasteiger charge is 2.11. The van der Waals surface area contributed by atoms with Crippen LogP contribution in [-0.2, 0) is 19.7 Å². The van der Waals surface area contributed by atoms with Gasteiger partial charge in [-0.2, -0.15) is 4.89 Å². The molecule has 0 saturated heterocycles. The molecule has 10 nitrogen and oxygen atoms in total. The second-order valence-electron chi connectivity index (χ2n) is 5.31. The van der Waals surface area contributed by atoms with Crippen LogP contribution in [0.4, 0.5) is 32.2 Å². The average Bonchev–Trinajstić information content (AvgIpc) is 2.73. The lowest BCUT2D eigenvalue weighted by molar-refractivity contribution is -0.620. The number of anilines is 4. The number of rotatable bonds is 7. The van der Waals surface area contributed by atoms with Gasteiger partial charge in [0.15, 0.2) is 0 Å². The van der Waals surface area contributed by atoms with E-state index in [1.54, 1.807) is 50.1 Å². The van der Waals surface area contributed by atoms with Gasteiger partial charge >= 0.3 is 6.09 Å². The Kier molecular flexibility index (Phi) is 11.2. The maximum Gasteiger partial charge on any atom is 0.411 e. The van der Waals surface area contributed by atoms with Gasteiger partial charge in [-0.3, -0.25) is 5.32 Å². The zero-order valence-corrected chi connectivity index (χ0v) is 16.7. The fraction of sp³-hybridized carbons (Fsp3) is 0.263. The molecule has 1 aromatic carbocycles. The third-order valence-electron chi connectivity index (χ3n) is 3.37. The smallest absolute Gasteiger partial charge is 0.411 e. The highest BCUT2D eigenvalue weighted by Crippen LogP contribution is 2.26. The topological polar surface area (TPSA) is 128 Å². The molecule has 0 spiro atoms. The molecular weight excluding hydrogens is 399 g/mol. The van der Waals surface area contributed by atoms with E-state index in [4.69, 9.17) is 15.7 Å². The quantitative estimate of drug-likeness (QED) is 0.266. The molecule has 1 aromatic heterocycles. The molecule has 4 N–H and O–H groups in total. The van der Waals surface area contributed by atoms with Gasteiger partial charge in [-0.1, -0.05) is 5.92 Å². The predicted octanol–water partition coefficient (Wildman–Crippen LogP) is 3.50. The molecule has 1 amide bonds. The van der Waals surface area contributed by atoms with Crippen molar-refractivity contribution in [3.8, 4) is 11.8 Å². The first-order valence-corrected chi connectivity index (χ1v) is 8.61. The summed E-state index contributed by atoms with van der Waals surface area (Å²) in [7, 11) is 1.79. The first kappa shape index (κ1) is 24.6. The summed E-state index contributed by atoms with van der Waals surface area (Å²) in [5.41, 5.74) is 6.97. The van der Waals surface area contributed by atoms with Gasteiger partial charge < -0.3 is 15.4 Å². The zero-order chi connectivity index (χ0) is 22.4. The van der Waals surface area contributed by atoms with Crippen LogP contribution in [0.3, 0.4) is 0 Å². The molecule has 0 radical (unpaired) electrons. The first-order chi connectivity index (χ1) is 14.4. The van der Waals surface area contributed by atoms with E-state index in [9.17, 15) is 9.18 Å². The Morgan fingerprint density at radius 3 is 2.57 bits per heavy atom. The van der Waals surface area contributed by atoms with Crippen LogP contribution < -0.4 is 16.0 Å². The van der Waals surface area contributed by atoms with Crippen LogP contribution in [0.25, 0.3) is 0 Å². The Balaban J connectivity index is 0.000000479. The number of hydrogen-bond acceptors (Lipinski definition) is 9. The van der Waals surface area contributed by atoms with E-state index in [1.165, 1.54) is 12.1 Å². The Morgan fingerprint density at radius 1 is 1.30 bits per heavy atom. The number of nitrogen functional groups attached to an aromatic ring is 1. The molecule has 2 aromatic rings. The molecule has 162 valence electrons. The van der Waals surface area contributed by atoms with Gasteiger partial charge in [0.1, 0.15) is 24.1 Å². The van der Waals surface area contributed by atoms with Gasteiger partial charge in [0, 0.05) is 12.7 Å². The zero-order valence-electron chi connectivity index (χ0n) is 16.7. The fourth-order valence-electron chi connectivity index (χ4n) is 1.98. The molecule has 0 atom stereocenters. The molecule has 0 saturated carbocycles. The van der Waals surface area contributed by atoms with E-state index in [0.29, 0.717) is 11.5 Å². The van der Waals surface area contributed by atoms with Crippen molar-refractivity contribution in [1.29, 1.82) is 0 Å². The molecule has 0 bridgehead atoms. The van der Waals surface area contributed by atoms with Crippen molar-refractivity contribution in [3.05, 3.63) is 42.2 Å². The van der Waals surface area contributed by atoms with Crippen LogP contribution in [0, 0.1) is 17.7 Å². The molecule has 0 aliphatic rings. The Morgan fingerprint density at radius 2 is 2.00 bits per heavy atom. The van der Waals surface area contributed by atoms with E-state index < -0.39 is 6.09 Å². The number of carbonyl (C=O) groups is 1. The normalized spacial score (nSPS) is 9.50. The second-order valence-corrected chi connectivity index (χ2v) is 5.31. The summed E-state index contributed by atoms with van der Waals surface area (Å²) < 4.78 is 17.7. The van der Waals surface area contributed by atoms with Crippen molar-refractivity contribution < 1.29 is 34.1 Å². The fourth-order valence-corrected chi connectivity index (χ4v) is 1.98. The largest absolute Gasteiger partial charge is 0.450 e. The number of nitrogens with one attached hydrogen (secondary N) is 1. The molecule has 0 unspecified atom stereocenters. The lowest BCUT2D eigenvalue weighted by Crippen LogP contribution is -2.16. The van der Waals surface area contributed by atoms with Gasteiger partial charge in [0.25, 0.3) is 0 Å². The Bertz CT molecular complexity index is 854. The summed E-state index contributed by atoms with van der Waals surface area (Å²) in [6, 6.07) is 9.34. The first-order valence-electron chi connectivity index (χ1n) is 8.61. The minimum absolute atomic E-state index is 0.0804. The highest BCUT2D eigenvalue weighted by atomic mass is 19.1. The number of hydrogen-bond donors (Lipinski definition) is 3.